The SMILES string of the molecule is O=C(CC1CCc2ccccc2C1)NCC1CNCC1O. The Morgan fingerprint density at radius 2 is 2.10 bits per heavy atom. The van der Waals surface area contributed by atoms with Gasteiger partial charge in [0.1, 0.15) is 0 Å². The second-order valence-corrected chi connectivity index (χ2v) is 6.37. The highest BCUT2D eigenvalue weighted by Gasteiger charge is 2.26. The van der Waals surface area contributed by atoms with E-state index < -0.39 is 0 Å². The van der Waals surface area contributed by atoms with Crippen LogP contribution in [0.15, 0.2) is 24.3 Å². The summed E-state index contributed by atoms with van der Waals surface area (Å²) in [5.41, 5.74) is 2.84. The second-order valence-electron chi connectivity index (χ2n) is 6.37. The summed E-state index contributed by atoms with van der Waals surface area (Å²) in [5.74, 6) is 0.728. The quantitative estimate of drug-likeness (QED) is 0.771. The maximum atomic E-state index is 12.1. The van der Waals surface area contributed by atoms with Crippen LogP contribution in [-0.2, 0) is 17.6 Å². The molecule has 0 aromatic heterocycles. The van der Waals surface area contributed by atoms with Gasteiger partial charge in [-0.2, -0.15) is 0 Å². The van der Waals surface area contributed by atoms with E-state index in [1.54, 1.807) is 0 Å². The Bertz CT molecular complexity index is 503. The third-order valence-electron chi connectivity index (χ3n) is 4.79. The summed E-state index contributed by atoms with van der Waals surface area (Å²) in [6.07, 6.45) is 3.46. The summed E-state index contributed by atoms with van der Waals surface area (Å²) in [6, 6.07) is 8.54. The molecule has 3 rings (SSSR count). The van der Waals surface area contributed by atoms with Gasteiger partial charge in [0.15, 0.2) is 0 Å². The van der Waals surface area contributed by atoms with Gasteiger partial charge in [-0.3, -0.25) is 4.79 Å². The van der Waals surface area contributed by atoms with Crippen molar-refractivity contribution in [3.63, 3.8) is 0 Å². The molecule has 1 aromatic rings. The first-order valence-corrected chi connectivity index (χ1v) is 7.94. The average molecular weight is 288 g/mol. The standard InChI is InChI=1S/C17H24N2O2/c20-16-11-18-9-15(16)10-19-17(21)8-12-5-6-13-3-1-2-4-14(13)7-12/h1-4,12,15-16,18,20H,5-11H2,(H,19,21). The van der Waals surface area contributed by atoms with Gasteiger partial charge in [-0.15, -0.1) is 0 Å². The van der Waals surface area contributed by atoms with Gasteiger partial charge in [-0.1, -0.05) is 24.3 Å². The highest BCUT2D eigenvalue weighted by Crippen LogP contribution is 2.27. The van der Waals surface area contributed by atoms with E-state index in [2.05, 4.69) is 34.9 Å². The number of rotatable bonds is 4. The maximum absolute atomic E-state index is 12.1. The summed E-state index contributed by atoms with van der Waals surface area (Å²) in [4.78, 5) is 12.1. The van der Waals surface area contributed by atoms with Crippen LogP contribution in [0.5, 0.6) is 0 Å². The Balaban J connectivity index is 1.45. The topological polar surface area (TPSA) is 61.4 Å². The van der Waals surface area contributed by atoms with Gasteiger partial charge >= 0.3 is 0 Å². The molecule has 3 N–H and O–H groups in total. The van der Waals surface area contributed by atoms with Crippen LogP contribution in [0.2, 0.25) is 0 Å². The van der Waals surface area contributed by atoms with Crippen LogP contribution >= 0.6 is 0 Å². The lowest BCUT2D eigenvalue weighted by atomic mass is 9.82. The normalized spacial score (nSPS) is 28.1. The number of aryl methyl sites for hydroxylation is 1. The lowest BCUT2D eigenvalue weighted by Crippen LogP contribution is -2.35. The highest BCUT2D eigenvalue weighted by molar-refractivity contribution is 5.76. The molecule has 1 aliphatic carbocycles. The van der Waals surface area contributed by atoms with E-state index >= 15 is 0 Å². The van der Waals surface area contributed by atoms with E-state index in [1.807, 2.05) is 0 Å². The minimum Gasteiger partial charge on any atom is -0.391 e. The zero-order valence-electron chi connectivity index (χ0n) is 12.3. The summed E-state index contributed by atoms with van der Waals surface area (Å²) in [7, 11) is 0. The van der Waals surface area contributed by atoms with Gasteiger partial charge < -0.3 is 15.7 Å². The van der Waals surface area contributed by atoms with Crippen molar-refractivity contribution in [2.45, 2.75) is 31.8 Å². The van der Waals surface area contributed by atoms with Crippen LogP contribution in [0.3, 0.4) is 0 Å². The number of hydrogen-bond acceptors (Lipinski definition) is 3. The lowest BCUT2D eigenvalue weighted by molar-refractivity contribution is -0.122. The van der Waals surface area contributed by atoms with Gasteiger partial charge in [0.25, 0.3) is 0 Å². The molecule has 2 aliphatic rings. The monoisotopic (exact) mass is 288 g/mol. The molecule has 0 radical (unpaired) electrons. The number of hydrogen-bond donors (Lipinski definition) is 3. The molecular formula is C17H24N2O2. The van der Waals surface area contributed by atoms with E-state index in [9.17, 15) is 9.90 Å². The number of β-amino-alcohol motifs (C(OH)–C–C–N with tert-alkyl or cyclic N) is 1. The van der Waals surface area contributed by atoms with Crippen LogP contribution in [-0.4, -0.2) is 36.8 Å². The maximum Gasteiger partial charge on any atom is 0.220 e. The third-order valence-corrected chi connectivity index (χ3v) is 4.79. The van der Waals surface area contributed by atoms with Crippen LogP contribution in [0.25, 0.3) is 0 Å². The Kier molecular flexibility index (Phi) is 4.56. The second kappa shape index (κ2) is 6.58. The average Bonchev–Trinajstić information content (AvgIpc) is 2.90. The zero-order chi connectivity index (χ0) is 14.7. The Labute approximate surface area is 125 Å². The molecule has 1 aliphatic heterocycles. The van der Waals surface area contributed by atoms with E-state index in [-0.39, 0.29) is 17.9 Å². The molecule has 114 valence electrons. The first-order valence-electron chi connectivity index (χ1n) is 7.94. The Morgan fingerprint density at radius 3 is 2.86 bits per heavy atom. The van der Waals surface area contributed by atoms with E-state index in [0.29, 0.717) is 25.4 Å². The molecule has 4 nitrogen and oxygen atoms in total. The molecule has 0 bridgehead atoms. The molecule has 1 amide bonds. The molecule has 21 heavy (non-hydrogen) atoms. The number of carbonyl (C=O) groups excluding carboxylic acids is 1. The number of carbonyl (C=O) groups is 1. The highest BCUT2D eigenvalue weighted by atomic mass is 16.3. The van der Waals surface area contributed by atoms with Crippen molar-refractivity contribution < 1.29 is 9.90 Å². The molecule has 4 heteroatoms. The number of benzene rings is 1. The van der Waals surface area contributed by atoms with Crippen LogP contribution < -0.4 is 10.6 Å². The van der Waals surface area contributed by atoms with Gasteiger partial charge in [-0.05, 0) is 36.3 Å². The molecule has 1 fully saturated rings. The molecule has 0 spiro atoms. The lowest BCUT2D eigenvalue weighted by Gasteiger charge is -2.24. The predicted octanol–water partition coefficient (Wildman–Crippen LogP) is 0.878. The minimum absolute atomic E-state index is 0.124. The summed E-state index contributed by atoms with van der Waals surface area (Å²) >= 11 is 0. The van der Waals surface area contributed by atoms with E-state index in [4.69, 9.17) is 0 Å². The molecule has 1 saturated heterocycles. The van der Waals surface area contributed by atoms with Gasteiger partial charge in [0, 0.05) is 32.0 Å². The van der Waals surface area contributed by atoms with Crippen molar-refractivity contribution in [1.29, 1.82) is 0 Å². The van der Waals surface area contributed by atoms with Crippen molar-refractivity contribution in [2.75, 3.05) is 19.6 Å². The summed E-state index contributed by atoms with van der Waals surface area (Å²) in [5, 5.41) is 15.8. The van der Waals surface area contributed by atoms with Crippen LogP contribution in [0.4, 0.5) is 0 Å². The van der Waals surface area contributed by atoms with E-state index in [0.717, 1.165) is 25.8 Å². The largest absolute Gasteiger partial charge is 0.391 e. The van der Waals surface area contributed by atoms with Gasteiger partial charge in [0.05, 0.1) is 6.10 Å². The Hall–Kier alpha value is -1.39. The smallest absolute Gasteiger partial charge is 0.220 e. The molecular weight excluding hydrogens is 264 g/mol. The van der Waals surface area contributed by atoms with Crippen LogP contribution in [0, 0.1) is 11.8 Å². The summed E-state index contributed by atoms with van der Waals surface area (Å²) < 4.78 is 0. The first-order chi connectivity index (χ1) is 10.2. The summed E-state index contributed by atoms with van der Waals surface area (Å²) in [6.45, 7) is 2.01. The van der Waals surface area contributed by atoms with Crippen molar-refractivity contribution in [1.82, 2.24) is 10.6 Å². The number of amides is 1. The fraction of sp³-hybridized carbons (Fsp3) is 0.588. The van der Waals surface area contributed by atoms with Crippen molar-refractivity contribution >= 4 is 5.91 Å². The predicted molar refractivity (Wildman–Crippen MR) is 82.0 cm³/mol. The fourth-order valence-corrected chi connectivity index (χ4v) is 3.45. The molecule has 3 atom stereocenters. The number of aliphatic hydroxyl groups is 1. The fourth-order valence-electron chi connectivity index (χ4n) is 3.45. The molecule has 0 saturated carbocycles. The first kappa shape index (κ1) is 14.5. The third kappa shape index (κ3) is 3.63. The van der Waals surface area contributed by atoms with Crippen molar-refractivity contribution in [3.8, 4) is 0 Å². The molecule has 1 heterocycles. The van der Waals surface area contributed by atoms with Gasteiger partial charge in [-0.25, -0.2) is 0 Å². The van der Waals surface area contributed by atoms with Gasteiger partial charge in [0.2, 0.25) is 5.91 Å². The van der Waals surface area contributed by atoms with E-state index in [1.165, 1.54) is 11.1 Å². The number of nitrogens with one attached hydrogen (secondary N) is 2. The van der Waals surface area contributed by atoms with Crippen molar-refractivity contribution in [3.05, 3.63) is 35.4 Å². The Morgan fingerprint density at radius 1 is 1.29 bits per heavy atom. The minimum atomic E-state index is -0.327. The molecule has 3 unspecified atom stereocenters. The number of fused-ring (bicyclic) bond motifs is 1. The van der Waals surface area contributed by atoms with Crippen molar-refractivity contribution in [2.24, 2.45) is 11.8 Å². The molecule has 1 aromatic carbocycles. The number of aliphatic hydroxyl groups excluding tert-OH is 1. The van der Waals surface area contributed by atoms with Crippen LogP contribution in [0.1, 0.15) is 24.0 Å². The zero-order valence-corrected chi connectivity index (χ0v) is 12.3.